The first-order valence-electron chi connectivity index (χ1n) is 15.1. The Hall–Kier alpha value is -3.17. The van der Waals surface area contributed by atoms with Crippen molar-refractivity contribution < 1.29 is 19.0 Å². The van der Waals surface area contributed by atoms with Gasteiger partial charge in [-0.25, -0.2) is 0 Å². The van der Waals surface area contributed by atoms with Gasteiger partial charge in [0, 0.05) is 37.9 Å². The first-order chi connectivity index (χ1) is 21.6. The third-order valence-electron chi connectivity index (χ3n) is 7.57. The number of nitrogens with two attached hydrogens (primary N) is 1. The van der Waals surface area contributed by atoms with Gasteiger partial charge in [-0.3, -0.25) is 10.2 Å². The van der Waals surface area contributed by atoms with E-state index >= 15 is 0 Å². The van der Waals surface area contributed by atoms with Gasteiger partial charge in [-0.2, -0.15) is 0 Å². The van der Waals surface area contributed by atoms with E-state index in [9.17, 15) is 4.79 Å². The molecule has 242 valence electrons. The van der Waals surface area contributed by atoms with E-state index in [-0.39, 0.29) is 31.1 Å². The minimum absolute atomic E-state index is 0.0120. The van der Waals surface area contributed by atoms with E-state index in [1.165, 1.54) is 5.56 Å². The Morgan fingerprint density at radius 1 is 0.978 bits per heavy atom. The molecule has 1 saturated carbocycles. The number of methoxy groups -OCH3 is 1. The van der Waals surface area contributed by atoms with Gasteiger partial charge in [0.05, 0.1) is 16.0 Å². The molecular weight excluding hydrogens is 635 g/mol. The molecule has 0 aromatic heterocycles. The molecule has 0 heterocycles. The maximum atomic E-state index is 14.0. The van der Waals surface area contributed by atoms with Crippen molar-refractivity contribution in [3.05, 3.63) is 91.9 Å². The largest absolute Gasteiger partial charge is 0.490 e. The highest BCUT2D eigenvalue weighted by atomic mass is 35.5. The summed E-state index contributed by atoms with van der Waals surface area (Å²) >= 11 is 19.1. The van der Waals surface area contributed by atoms with Crippen LogP contribution in [0, 0.1) is 18.3 Å². The van der Waals surface area contributed by atoms with Crippen LogP contribution in [-0.2, 0) is 28.9 Å². The molecule has 11 heteroatoms. The van der Waals surface area contributed by atoms with Gasteiger partial charge < -0.3 is 30.2 Å². The number of nitrogens with one attached hydrogen (secondary N) is 2. The van der Waals surface area contributed by atoms with Crippen molar-refractivity contribution in [1.29, 1.82) is 5.41 Å². The summed E-state index contributed by atoms with van der Waals surface area (Å²) < 4.78 is 16.8. The third kappa shape index (κ3) is 10.7. The molecule has 0 radical (unpaired) electrons. The van der Waals surface area contributed by atoms with Gasteiger partial charge in [-0.05, 0) is 91.6 Å². The summed E-state index contributed by atoms with van der Waals surface area (Å²) in [6.45, 7) is 3.87. The molecule has 3 aromatic rings. The monoisotopic (exact) mass is 674 g/mol. The Kier molecular flexibility index (Phi) is 13.1. The summed E-state index contributed by atoms with van der Waals surface area (Å²) in [5.41, 5.74) is 9.63. The summed E-state index contributed by atoms with van der Waals surface area (Å²) in [6.07, 6.45) is 4.18. The second-order valence-electron chi connectivity index (χ2n) is 11.3. The van der Waals surface area contributed by atoms with Crippen LogP contribution in [0.15, 0.2) is 54.6 Å². The van der Waals surface area contributed by atoms with Crippen LogP contribution in [0.25, 0.3) is 0 Å². The Balaban J connectivity index is 1.38. The highest BCUT2D eigenvalue weighted by Crippen LogP contribution is 2.34. The van der Waals surface area contributed by atoms with Gasteiger partial charge in [-0.15, -0.1) is 0 Å². The number of nitrogens with zero attached hydrogens (tertiary/aromatic N) is 1. The number of aryl methyl sites for hydroxylation is 2. The summed E-state index contributed by atoms with van der Waals surface area (Å²) in [7, 11) is 1.70. The maximum absolute atomic E-state index is 14.0. The van der Waals surface area contributed by atoms with Crippen molar-refractivity contribution in [3.63, 3.8) is 0 Å². The first kappa shape index (κ1) is 34.7. The molecule has 4 rings (SSSR count). The lowest BCUT2D eigenvalue weighted by Gasteiger charge is -2.28. The Bertz CT molecular complexity index is 1430. The van der Waals surface area contributed by atoms with Gasteiger partial charge in [0.15, 0.2) is 11.7 Å². The number of amides is 1. The molecule has 0 saturated heterocycles. The van der Waals surface area contributed by atoms with Gasteiger partial charge in [-0.1, -0.05) is 59.1 Å². The normalized spacial score (nSPS) is 13.3. The van der Waals surface area contributed by atoms with Crippen LogP contribution in [-0.4, -0.2) is 56.3 Å². The smallest absolute Gasteiger partial charge is 0.228 e. The highest BCUT2D eigenvalue weighted by Gasteiger charge is 2.36. The molecule has 1 aliphatic rings. The van der Waals surface area contributed by atoms with E-state index in [1.54, 1.807) is 19.2 Å². The Labute approximate surface area is 280 Å². The lowest BCUT2D eigenvalue weighted by molar-refractivity contribution is -0.136. The molecule has 1 amide bonds. The van der Waals surface area contributed by atoms with Crippen LogP contribution in [0.1, 0.15) is 41.5 Å². The minimum Gasteiger partial charge on any atom is -0.490 e. The van der Waals surface area contributed by atoms with Crippen LogP contribution in [0.2, 0.25) is 15.1 Å². The molecule has 45 heavy (non-hydrogen) atoms. The third-order valence-corrected chi connectivity index (χ3v) is 8.50. The van der Waals surface area contributed by atoms with E-state index in [2.05, 4.69) is 11.4 Å². The highest BCUT2D eigenvalue weighted by molar-refractivity contribution is 6.37. The number of benzene rings is 3. The van der Waals surface area contributed by atoms with Crippen molar-refractivity contribution in [3.8, 4) is 11.5 Å². The molecule has 3 aromatic carbocycles. The van der Waals surface area contributed by atoms with Crippen molar-refractivity contribution >= 4 is 46.7 Å². The second kappa shape index (κ2) is 16.9. The lowest BCUT2D eigenvalue weighted by Crippen LogP contribution is -2.44. The number of carbonyl (C=O) groups is 1. The SMILES string of the molecule is COCCCc1ccc(Cl)c(CN(C(=O)C(CNC(=N)N)Cc2ccc(OCCOc3c(Cl)cc(C)cc3Cl)cc2)C2CC2)c1. The standard InChI is InChI=1S/C34H41Cl3N4O4/c1-22-16-30(36)32(31(37)17-22)45-15-14-44-28-10-5-24(6-11-28)18-25(20-40-34(38)39)33(42)41(27-8-9-27)21-26-19-23(4-3-13-43-2)7-12-29(26)35/h5-7,10-12,16-17,19,25,27H,3-4,8-9,13-15,18,20-21H2,1-2H3,(H4,38,39,40). The summed E-state index contributed by atoms with van der Waals surface area (Å²) in [6, 6.07) is 17.4. The molecular formula is C34H41Cl3N4O4. The van der Waals surface area contributed by atoms with Gasteiger partial charge in [0.25, 0.3) is 0 Å². The molecule has 8 nitrogen and oxygen atoms in total. The second-order valence-corrected chi connectivity index (χ2v) is 12.5. The van der Waals surface area contributed by atoms with E-state index in [0.29, 0.717) is 52.7 Å². The topological polar surface area (TPSA) is 110 Å². The Morgan fingerprint density at radius 2 is 1.64 bits per heavy atom. The van der Waals surface area contributed by atoms with Gasteiger partial charge in [0.1, 0.15) is 19.0 Å². The number of hydrogen-bond acceptors (Lipinski definition) is 5. The predicted octanol–water partition coefficient (Wildman–Crippen LogP) is 6.82. The molecule has 4 N–H and O–H groups in total. The van der Waals surface area contributed by atoms with Crippen molar-refractivity contribution in [2.24, 2.45) is 11.7 Å². The fourth-order valence-corrected chi connectivity index (χ4v) is 6.01. The van der Waals surface area contributed by atoms with Crippen molar-refractivity contribution in [2.45, 2.75) is 51.6 Å². The quantitative estimate of drug-likeness (QED) is 0.0823. The molecule has 1 aliphatic carbocycles. The number of rotatable bonds is 17. The Morgan fingerprint density at radius 3 is 2.29 bits per heavy atom. The van der Waals surface area contributed by atoms with Gasteiger partial charge >= 0.3 is 0 Å². The molecule has 1 atom stereocenters. The van der Waals surface area contributed by atoms with Gasteiger partial charge in [0.2, 0.25) is 5.91 Å². The summed E-state index contributed by atoms with van der Waals surface area (Å²) in [5.74, 6) is 0.528. The lowest BCUT2D eigenvalue weighted by atomic mass is 9.97. The maximum Gasteiger partial charge on any atom is 0.228 e. The van der Waals surface area contributed by atoms with Crippen LogP contribution >= 0.6 is 34.8 Å². The zero-order valence-electron chi connectivity index (χ0n) is 25.7. The van der Waals surface area contributed by atoms with Crippen molar-refractivity contribution in [2.75, 3.05) is 33.5 Å². The van der Waals surface area contributed by atoms with E-state index < -0.39 is 5.92 Å². The molecule has 1 fully saturated rings. The number of carbonyl (C=O) groups excluding carboxylic acids is 1. The van der Waals surface area contributed by atoms with Crippen LogP contribution in [0.5, 0.6) is 11.5 Å². The molecule has 0 bridgehead atoms. The van der Waals surface area contributed by atoms with E-state index in [0.717, 1.165) is 42.4 Å². The first-order valence-corrected chi connectivity index (χ1v) is 16.2. The van der Waals surface area contributed by atoms with Crippen molar-refractivity contribution in [1.82, 2.24) is 10.2 Å². The average Bonchev–Trinajstić information content (AvgIpc) is 3.84. The number of hydrogen-bond donors (Lipinski definition) is 3. The number of ether oxygens (including phenoxy) is 3. The molecule has 1 unspecified atom stereocenters. The molecule has 0 aliphatic heterocycles. The summed E-state index contributed by atoms with van der Waals surface area (Å²) in [5, 5.41) is 12.1. The predicted molar refractivity (Wildman–Crippen MR) is 181 cm³/mol. The van der Waals surface area contributed by atoms with Crippen LogP contribution < -0.4 is 20.5 Å². The molecule has 0 spiro atoms. The summed E-state index contributed by atoms with van der Waals surface area (Å²) in [4.78, 5) is 16.0. The number of guanidine groups is 1. The fourth-order valence-electron chi connectivity index (χ4n) is 5.13. The average molecular weight is 676 g/mol. The van der Waals surface area contributed by atoms with Crippen LogP contribution in [0.3, 0.4) is 0 Å². The van der Waals surface area contributed by atoms with E-state index in [4.69, 9.17) is 60.2 Å². The zero-order chi connectivity index (χ0) is 32.3. The number of halogens is 3. The zero-order valence-corrected chi connectivity index (χ0v) is 28.0. The van der Waals surface area contributed by atoms with Crippen LogP contribution in [0.4, 0.5) is 0 Å². The minimum atomic E-state index is -0.428. The van der Waals surface area contributed by atoms with E-state index in [1.807, 2.05) is 48.2 Å². The fraction of sp³-hybridized carbons (Fsp3) is 0.412.